The van der Waals surface area contributed by atoms with E-state index in [9.17, 15) is 19.2 Å². The number of hydrogen-bond acceptors (Lipinski definition) is 7. The lowest BCUT2D eigenvalue weighted by molar-refractivity contribution is -0.157. The Hall–Kier alpha value is -1.18. The molecule has 0 aromatic rings. The molecule has 0 aliphatic carbocycles. The third-order valence-electron chi connectivity index (χ3n) is 1.13. The van der Waals surface area contributed by atoms with Crippen molar-refractivity contribution in [2.24, 2.45) is 0 Å². The molecule has 0 bridgehead atoms. The average Bonchev–Trinajstić information content (AvgIpc) is 2.23. The van der Waals surface area contributed by atoms with E-state index in [0.717, 1.165) is 0 Å². The fraction of sp³-hybridized carbons (Fsp3) is 0.500. The fourth-order valence-corrected chi connectivity index (χ4v) is 0.685. The summed E-state index contributed by atoms with van der Waals surface area (Å²) in [5.74, 6) is -1.72. The second-order valence-corrected chi connectivity index (χ2v) is 3.37. The summed E-state index contributed by atoms with van der Waals surface area (Å²) in [6.07, 6.45) is 0. The summed E-state index contributed by atoms with van der Waals surface area (Å²) >= 11 is 9.80. The van der Waals surface area contributed by atoms with Gasteiger partial charge >= 0.3 is 11.9 Å². The molecule has 0 aromatic carbocycles. The first kappa shape index (κ1) is 15.8. The number of carbonyl (C=O) groups excluding carboxylic acids is 4. The second-order valence-electron chi connectivity index (χ2n) is 2.52. The van der Waals surface area contributed by atoms with E-state index in [0.29, 0.717) is 0 Å². The van der Waals surface area contributed by atoms with Gasteiger partial charge in [-0.2, -0.15) is 0 Å². The molecule has 0 saturated carbocycles. The number of halogens is 2. The van der Waals surface area contributed by atoms with Gasteiger partial charge in [0.2, 0.25) is 0 Å². The topological polar surface area (TPSA) is 96.0 Å². The van der Waals surface area contributed by atoms with Crippen molar-refractivity contribution in [2.75, 3.05) is 26.4 Å². The molecule has 7 nitrogen and oxygen atoms in total. The van der Waals surface area contributed by atoms with Crippen molar-refractivity contribution >= 4 is 45.6 Å². The summed E-state index contributed by atoms with van der Waals surface area (Å²) in [6.45, 7) is -2.24. The van der Waals surface area contributed by atoms with E-state index < -0.39 is 48.9 Å². The summed E-state index contributed by atoms with van der Waals surface area (Å²) in [6, 6.07) is 0. The van der Waals surface area contributed by atoms with Crippen LogP contribution in [0.4, 0.5) is 0 Å². The zero-order valence-corrected chi connectivity index (χ0v) is 9.95. The van der Waals surface area contributed by atoms with Crippen molar-refractivity contribution in [1.29, 1.82) is 0 Å². The van der Waals surface area contributed by atoms with E-state index in [2.05, 4.69) is 14.2 Å². The van der Waals surface area contributed by atoms with Gasteiger partial charge in [0.15, 0.2) is 13.2 Å². The van der Waals surface area contributed by atoms with Crippen LogP contribution in [-0.2, 0) is 33.4 Å². The van der Waals surface area contributed by atoms with Crippen molar-refractivity contribution in [2.45, 2.75) is 0 Å². The molecule has 0 N–H and O–H groups in total. The van der Waals surface area contributed by atoms with Crippen molar-refractivity contribution < 1.29 is 33.4 Å². The minimum atomic E-state index is -0.861. The van der Waals surface area contributed by atoms with E-state index in [1.807, 2.05) is 0 Å². The minimum absolute atomic E-state index is 0.548. The van der Waals surface area contributed by atoms with Gasteiger partial charge in [-0.3, -0.25) is 9.59 Å². The maximum Gasteiger partial charge on any atom is 0.332 e. The maximum atomic E-state index is 10.8. The van der Waals surface area contributed by atoms with E-state index in [4.69, 9.17) is 23.2 Å². The van der Waals surface area contributed by atoms with Gasteiger partial charge in [-0.15, -0.1) is 0 Å². The number of carbonyl (C=O) groups is 4. The molecular weight excluding hydrogens is 279 g/mol. The van der Waals surface area contributed by atoms with Crippen LogP contribution >= 0.6 is 23.2 Å². The Morgan fingerprint density at radius 2 is 1.06 bits per heavy atom. The van der Waals surface area contributed by atoms with Crippen LogP contribution < -0.4 is 0 Å². The van der Waals surface area contributed by atoms with Crippen LogP contribution in [0.25, 0.3) is 0 Å². The van der Waals surface area contributed by atoms with Crippen LogP contribution in [0.15, 0.2) is 0 Å². The quantitative estimate of drug-likeness (QED) is 0.443. The Morgan fingerprint density at radius 3 is 1.35 bits per heavy atom. The zero-order valence-electron chi connectivity index (χ0n) is 8.44. The molecule has 0 aliphatic heterocycles. The van der Waals surface area contributed by atoms with E-state index in [-0.39, 0.29) is 0 Å². The van der Waals surface area contributed by atoms with Gasteiger partial charge in [-0.25, -0.2) is 9.59 Å². The Bertz CT molecular complexity index is 285. The first-order valence-corrected chi connectivity index (χ1v) is 4.93. The lowest BCUT2D eigenvalue weighted by Crippen LogP contribution is -2.20. The van der Waals surface area contributed by atoms with Crippen molar-refractivity contribution in [3.63, 3.8) is 0 Å². The standard InChI is InChI=1S/C8H8Cl2O7/c9-5(11)1-16-7(13)3-15-4-8(14)17-2-6(10)12/h1-4H2. The molecule has 0 saturated heterocycles. The summed E-state index contributed by atoms with van der Waals surface area (Å²) in [7, 11) is 0. The second kappa shape index (κ2) is 8.91. The molecule has 0 atom stereocenters. The summed E-state index contributed by atoms with van der Waals surface area (Å²) in [5, 5.41) is -1.67. The van der Waals surface area contributed by atoms with E-state index in [1.165, 1.54) is 0 Å². The van der Waals surface area contributed by atoms with Gasteiger partial charge in [0.1, 0.15) is 13.2 Å². The molecule has 0 rings (SSSR count). The zero-order chi connectivity index (χ0) is 13.3. The summed E-state index contributed by atoms with van der Waals surface area (Å²) in [5.41, 5.74) is 0. The van der Waals surface area contributed by atoms with Crippen LogP contribution in [0, 0.1) is 0 Å². The predicted molar refractivity (Wildman–Crippen MR) is 54.5 cm³/mol. The third-order valence-corrected chi connectivity index (χ3v) is 1.35. The molecule has 96 valence electrons. The molecular formula is C8H8Cl2O7. The van der Waals surface area contributed by atoms with Crippen LogP contribution in [0.1, 0.15) is 0 Å². The van der Waals surface area contributed by atoms with Crippen LogP contribution in [0.5, 0.6) is 0 Å². The molecule has 17 heavy (non-hydrogen) atoms. The monoisotopic (exact) mass is 286 g/mol. The largest absolute Gasteiger partial charge is 0.455 e. The highest BCUT2D eigenvalue weighted by Crippen LogP contribution is 1.88. The number of rotatable bonds is 8. The molecule has 9 heteroatoms. The van der Waals surface area contributed by atoms with E-state index >= 15 is 0 Å². The Morgan fingerprint density at radius 1 is 0.706 bits per heavy atom. The van der Waals surface area contributed by atoms with Gasteiger partial charge in [0.25, 0.3) is 10.5 Å². The van der Waals surface area contributed by atoms with E-state index in [1.54, 1.807) is 0 Å². The van der Waals surface area contributed by atoms with Crippen molar-refractivity contribution in [3.05, 3.63) is 0 Å². The number of esters is 2. The van der Waals surface area contributed by atoms with Gasteiger partial charge in [-0.05, 0) is 23.2 Å². The predicted octanol–water partition coefficient (Wildman–Crippen LogP) is -0.380. The van der Waals surface area contributed by atoms with Gasteiger partial charge in [-0.1, -0.05) is 0 Å². The van der Waals surface area contributed by atoms with Crippen molar-refractivity contribution in [1.82, 2.24) is 0 Å². The molecule has 0 fully saturated rings. The molecule has 0 heterocycles. The molecule has 0 amide bonds. The van der Waals surface area contributed by atoms with Crippen LogP contribution in [-0.4, -0.2) is 48.9 Å². The highest BCUT2D eigenvalue weighted by Gasteiger charge is 2.09. The summed E-state index contributed by atoms with van der Waals surface area (Å²) < 4.78 is 13.2. The maximum absolute atomic E-state index is 10.8. The van der Waals surface area contributed by atoms with Crippen molar-refractivity contribution in [3.8, 4) is 0 Å². The Balaban J connectivity index is 3.55. The van der Waals surface area contributed by atoms with Gasteiger partial charge in [0, 0.05) is 0 Å². The van der Waals surface area contributed by atoms with Gasteiger partial charge < -0.3 is 14.2 Å². The molecule has 0 radical (unpaired) electrons. The first-order chi connectivity index (χ1) is 7.91. The minimum Gasteiger partial charge on any atom is -0.455 e. The Kier molecular flexibility index (Phi) is 8.29. The lowest BCUT2D eigenvalue weighted by atomic mass is 10.6. The smallest absolute Gasteiger partial charge is 0.332 e. The lowest BCUT2D eigenvalue weighted by Gasteiger charge is -2.03. The fourth-order valence-electron chi connectivity index (χ4n) is 0.575. The first-order valence-electron chi connectivity index (χ1n) is 4.17. The molecule has 0 unspecified atom stereocenters. The van der Waals surface area contributed by atoms with Gasteiger partial charge in [0.05, 0.1) is 0 Å². The highest BCUT2D eigenvalue weighted by molar-refractivity contribution is 6.64. The molecule has 0 aromatic heterocycles. The van der Waals surface area contributed by atoms with Crippen LogP contribution in [0.2, 0.25) is 0 Å². The normalized spacial score (nSPS) is 9.53. The average molecular weight is 287 g/mol. The SMILES string of the molecule is O=C(Cl)COC(=O)COCC(=O)OCC(=O)Cl. The Labute approximate surface area is 106 Å². The molecule has 0 spiro atoms. The molecule has 0 aliphatic rings. The highest BCUT2D eigenvalue weighted by atomic mass is 35.5. The third kappa shape index (κ3) is 11.1. The number of ether oxygens (including phenoxy) is 3. The van der Waals surface area contributed by atoms with Crippen LogP contribution in [0.3, 0.4) is 0 Å². The summed E-state index contributed by atoms with van der Waals surface area (Å²) in [4.78, 5) is 42.0. The number of hydrogen-bond donors (Lipinski definition) is 0.